The van der Waals surface area contributed by atoms with Crippen molar-refractivity contribution in [2.75, 3.05) is 0 Å². The van der Waals surface area contributed by atoms with Gasteiger partial charge in [0.1, 0.15) is 0 Å². The van der Waals surface area contributed by atoms with Crippen molar-refractivity contribution < 1.29 is 20.1 Å². The van der Waals surface area contributed by atoms with Crippen LogP contribution < -0.4 is 0 Å². The molecule has 0 atom stereocenters. The van der Waals surface area contributed by atoms with Crippen LogP contribution in [-0.4, -0.2) is 19.1 Å². The van der Waals surface area contributed by atoms with Crippen LogP contribution in [-0.2, 0) is 26.5 Å². The van der Waals surface area contributed by atoms with Crippen molar-refractivity contribution in [3.05, 3.63) is 339 Å². The van der Waals surface area contributed by atoms with E-state index in [2.05, 4.69) is 330 Å². The second kappa shape index (κ2) is 26.1. The Morgan fingerprint density at radius 3 is 1.03 bits per heavy atom. The fourth-order valence-electron chi connectivity index (χ4n) is 12.8. The van der Waals surface area contributed by atoms with E-state index in [0.29, 0.717) is 0 Å². The van der Waals surface area contributed by atoms with Gasteiger partial charge in [-0.3, -0.25) is 0 Å². The minimum atomic E-state index is 0. The third-order valence-electron chi connectivity index (χ3n) is 17.3. The number of hydrogen-bond donors (Lipinski definition) is 0. The molecular formula is C86H63IrN4-. The summed E-state index contributed by atoms with van der Waals surface area (Å²) in [5.74, 6) is 0. The van der Waals surface area contributed by atoms with E-state index in [-0.39, 0.29) is 20.1 Å². The van der Waals surface area contributed by atoms with Gasteiger partial charge in [-0.05, 0) is 152 Å². The molecule has 4 nitrogen and oxygen atoms in total. The first-order valence-electron chi connectivity index (χ1n) is 31.2. The first-order valence-corrected chi connectivity index (χ1v) is 31.2. The topological polar surface area (TPSA) is 35.6 Å². The van der Waals surface area contributed by atoms with E-state index >= 15 is 0 Å². The maximum absolute atomic E-state index is 5.56. The van der Waals surface area contributed by atoms with Crippen molar-refractivity contribution in [3.8, 4) is 101 Å². The van der Waals surface area contributed by atoms with Crippen LogP contribution in [0.2, 0.25) is 0 Å². The Balaban J connectivity index is 0.000000371. The van der Waals surface area contributed by atoms with Crippen LogP contribution in [0, 0.1) is 6.07 Å². The number of hydrogen-bond acceptors (Lipinski definition) is 2. The van der Waals surface area contributed by atoms with Crippen LogP contribution in [0.4, 0.5) is 0 Å². The summed E-state index contributed by atoms with van der Waals surface area (Å²) in [5.41, 5.74) is 25.9. The van der Waals surface area contributed by atoms with Gasteiger partial charge in [0, 0.05) is 70.3 Å². The number of benzene rings is 12. The zero-order valence-corrected chi connectivity index (χ0v) is 52.8. The molecule has 12 aromatic carbocycles. The predicted octanol–water partition coefficient (Wildman–Crippen LogP) is 22.8. The van der Waals surface area contributed by atoms with E-state index in [4.69, 9.17) is 4.98 Å². The Kier molecular flexibility index (Phi) is 16.6. The summed E-state index contributed by atoms with van der Waals surface area (Å²) in [7, 11) is 0. The Morgan fingerprint density at radius 1 is 0.308 bits per heavy atom. The molecule has 0 fully saturated rings. The fourth-order valence-corrected chi connectivity index (χ4v) is 12.8. The smallest absolute Gasteiger partial charge is 0.0716 e. The molecule has 437 valence electrons. The zero-order chi connectivity index (χ0) is 60.2. The first kappa shape index (κ1) is 57.9. The molecule has 0 saturated carbocycles. The number of fused-ring (bicyclic) bond motifs is 6. The molecule has 0 aliphatic heterocycles. The average Bonchev–Trinajstić information content (AvgIpc) is 1.61. The summed E-state index contributed by atoms with van der Waals surface area (Å²) in [4.78, 5) is 9.87. The summed E-state index contributed by atoms with van der Waals surface area (Å²) in [6, 6.07) is 119. The van der Waals surface area contributed by atoms with Crippen molar-refractivity contribution in [3.63, 3.8) is 0 Å². The number of rotatable bonds is 13. The van der Waals surface area contributed by atoms with Crippen LogP contribution in [0.3, 0.4) is 0 Å². The molecule has 0 spiro atoms. The molecule has 0 unspecified atom stereocenters. The minimum Gasteiger partial charge on any atom is -0.309 e. The molecule has 0 saturated heterocycles. The maximum Gasteiger partial charge on any atom is 0.0716 e. The molecule has 4 aromatic heterocycles. The van der Waals surface area contributed by atoms with E-state index < -0.39 is 0 Å². The van der Waals surface area contributed by atoms with Gasteiger partial charge in [-0.25, -0.2) is 4.98 Å². The quantitative estimate of drug-likeness (QED) is 0.108. The van der Waals surface area contributed by atoms with E-state index in [1.165, 1.54) is 84.5 Å². The van der Waals surface area contributed by atoms with E-state index in [9.17, 15) is 0 Å². The third kappa shape index (κ3) is 11.9. The zero-order valence-electron chi connectivity index (χ0n) is 50.4. The first-order chi connectivity index (χ1) is 44.6. The van der Waals surface area contributed by atoms with Crippen molar-refractivity contribution >= 4 is 43.6 Å². The Hall–Kier alpha value is -10.8. The SMILES string of the molecule is CCCCc1c[c-]c(-c2ccccn2)cc1.[Ir].c1ccc(-c2cc(-c3cccc(-n4c5ccc(-c6ccccc6)cc5c5cc(-c6ccccc6)ccc54)c3)nc(-c3cccc(-n4c5ccc(-c6ccccc6)cc5c5cc(-c6ccccc6)ccc54)c3)c2)cc1. The Bertz CT molecular complexity index is 4720. The number of unbranched alkanes of at least 4 members (excludes halogenated alkanes) is 1. The van der Waals surface area contributed by atoms with Crippen LogP contribution in [0.5, 0.6) is 0 Å². The van der Waals surface area contributed by atoms with Gasteiger partial charge < -0.3 is 14.1 Å². The van der Waals surface area contributed by atoms with Gasteiger partial charge in [-0.15, -0.1) is 35.4 Å². The second-order valence-corrected chi connectivity index (χ2v) is 23.1. The van der Waals surface area contributed by atoms with Gasteiger partial charge >= 0.3 is 0 Å². The summed E-state index contributed by atoms with van der Waals surface area (Å²) in [6.45, 7) is 2.21. The van der Waals surface area contributed by atoms with Gasteiger partial charge in [0.25, 0.3) is 0 Å². The van der Waals surface area contributed by atoms with Gasteiger partial charge in [-0.1, -0.05) is 239 Å². The number of aromatic nitrogens is 4. The average molecular weight is 1340 g/mol. The molecule has 0 aliphatic rings. The second-order valence-electron chi connectivity index (χ2n) is 23.1. The maximum atomic E-state index is 5.56. The van der Waals surface area contributed by atoms with E-state index in [1.54, 1.807) is 0 Å². The molecule has 0 bridgehead atoms. The minimum absolute atomic E-state index is 0. The fraction of sp³-hybridized carbons (Fsp3) is 0.0465. The number of aryl methyl sites for hydroxylation is 1. The van der Waals surface area contributed by atoms with E-state index in [0.717, 1.165) is 84.8 Å². The number of pyridine rings is 2. The predicted molar refractivity (Wildman–Crippen MR) is 378 cm³/mol. The normalized spacial score (nSPS) is 11.2. The van der Waals surface area contributed by atoms with Crippen molar-refractivity contribution in [2.45, 2.75) is 26.2 Å². The standard InChI is InChI=1S/C71H47N3.C15H16N.Ir/c1-6-18-48(19-7-1)53-32-36-68-62(42-53)63-43-54(49-20-8-2-9-21-49)33-37-69(63)73(68)60-30-16-28-57(40-60)66-46-59(52-26-14-5-15-27-52)47-67(72-66)58-29-17-31-61(41-58)74-70-38-34-55(50-22-10-3-11-23-50)44-64(70)65-45-56(35-39-71(65)74)51-24-12-4-13-25-51;1-2-3-6-13-8-10-14(11-9-13)15-7-4-5-12-16-15;/h1-47H;4-5,7-10,12H,2-3,6H2,1H3;/q;-1;. The van der Waals surface area contributed by atoms with Crippen molar-refractivity contribution in [1.82, 2.24) is 19.1 Å². The van der Waals surface area contributed by atoms with Gasteiger partial charge in [0.15, 0.2) is 0 Å². The summed E-state index contributed by atoms with van der Waals surface area (Å²) >= 11 is 0. The van der Waals surface area contributed by atoms with Crippen LogP contribution in [0.25, 0.3) is 144 Å². The molecule has 16 aromatic rings. The summed E-state index contributed by atoms with van der Waals surface area (Å²) in [6.07, 6.45) is 5.45. The molecule has 0 N–H and O–H groups in total. The Labute approximate surface area is 545 Å². The molecule has 4 heterocycles. The monoisotopic (exact) mass is 1340 g/mol. The summed E-state index contributed by atoms with van der Waals surface area (Å²) < 4.78 is 4.83. The van der Waals surface area contributed by atoms with Gasteiger partial charge in [-0.2, -0.15) is 0 Å². The molecule has 1 radical (unpaired) electrons. The van der Waals surface area contributed by atoms with Crippen LogP contribution >= 0.6 is 0 Å². The van der Waals surface area contributed by atoms with Crippen molar-refractivity contribution in [2.24, 2.45) is 0 Å². The molecule has 0 aliphatic carbocycles. The molecule has 0 amide bonds. The molecule has 16 rings (SSSR count). The molecular weight excluding hydrogens is 1280 g/mol. The van der Waals surface area contributed by atoms with Crippen LogP contribution in [0.1, 0.15) is 25.3 Å². The largest absolute Gasteiger partial charge is 0.309 e. The third-order valence-corrected chi connectivity index (χ3v) is 17.3. The molecule has 91 heavy (non-hydrogen) atoms. The van der Waals surface area contributed by atoms with Gasteiger partial charge in [0.05, 0.1) is 33.5 Å². The van der Waals surface area contributed by atoms with Gasteiger partial charge in [0.2, 0.25) is 0 Å². The molecule has 5 heteroatoms. The number of nitrogens with zero attached hydrogens (tertiary/aromatic N) is 4. The van der Waals surface area contributed by atoms with E-state index in [1.807, 2.05) is 24.4 Å². The summed E-state index contributed by atoms with van der Waals surface area (Å²) in [5, 5.41) is 4.86. The van der Waals surface area contributed by atoms with Crippen LogP contribution in [0.15, 0.2) is 328 Å². The van der Waals surface area contributed by atoms with Crippen molar-refractivity contribution in [1.29, 1.82) is 0 Å². The Morgan fingerprint density at radius 2 is 0.681 bits per heavy atom.